The third kappa shape index (κ3) is 4.78. The summed E-state index contributed by atoms with van der Waals surface area (Å²) in [5.74, 6) is 1.06. The second-order valence-electron chi connectivity index (χ2n) is 8.76. The number of piperidine rings is 1. The molecule has 2 aromatic carbocycles. The quantitative estimate of drug-likeness (QED) is 0.558. The van der Waals surface area contributed by atoms with Crippen molar-refractivity contribution in [2.24, 2.45) is 0 Å². The molecule has 0 bridgehead atoms. The second-order valence-corrected chi connectivity index (χ2v) is 11.5. The third-order valence-corrected chi connectivity index (χ3v) is 8.46. The summed E-state index contributed by atoms with van der Waals surface area (Å²) in [6, 6.07) is 14.6. The summed E-state index contributed by atoms with van der Waals surface area (Å²) in [7, 11) is -3.03. The summed E-state index contributed by atoms with van der Waals surface area (Å²) in [5.41, 5.74) is 2.37. The lowest BCUT2D eigenvalue weighted by molar-refractivity contribution is -0.138. The van der Waals surface area contributed by atoms with E-state index in [-0.39, 0.29) is 23.3 Å². The minimum Gasteiger partial charge on any atom is -0.440 e. The Labute approximate surface area is 198 Å². The summed E-state index contributed by atoms with van der Waals surface area (Å²) in [4.78, 5) is 22.2. The minimum absolute atomic E-state index is 0.0308. The minimum atomic E-state index is -3.03. The largest absolute Gasteiger partial charge is 0.440 e. The first-order valence-corrected chi connectivity index (χ1v) is 13.4. The van der Waals surface area contributed by atoms with Crippen molar-refractivity contribution in [3.8, 4) is 0 Å². The van der Waals surface area contributed by atoms with Crippen molar-refractivity contribution in [2.75, 3.05) is 37.7 Å². The monoisotopic (exact) mass is 487 g/mol. The molecule has 0 N–H and O–H groups in total. The van der Waals surface area contributed by atoms with E-state index in [1.165, 1.54) is 0 Å². The van der Waals surface area contributed by atoms with Crippen LogP contribution < -0.4 is 0 Å². The molecular weight excluding hydrogens is 462 g/mol. The van der Waals surface area contributed by atoms with Crippen molar-refractivity contribution in [3.05, 3.63) is 65.0 Å². The van der Waals surface area contributed by atoms with Gasteiger partial charge in [-0.05, 0) is 36.6 Å². The van der Waals surface area contributed by atoms with Gasteiger partial charge in [0.2, 0.25) is 5.91 Å². The van der Waals surface area contributed by atoms with E-state index in [1.54, 1.807) is 12.1 Å². The van der Waals surface area contributed by atoms with Gasteiger partial charge in [-0.3, -0.25) is 9.69 Å². The highest BCUT2D eigenvalue weighted by atomic mass is 35.5. The van der Waals surface area contributed by atoms with Crippen LogP contribution >= 0.6 is 11.6 Å². The number of hydrogen-bond acceptors (Lipinski definition) is 6. The molecule has 0 radical (unpaired) electrons. The van der Waals surface area contributed by atoms with Crippen LogP contribution in [0.3, 0.4) is 0 Å². The number of nitrogens with zero attached hydrogens (tertiary/aromatic N) is 3. The molecule has 3 heterocycles. The van der Waals surface area contributed by atoms with Crippen molar-refractivity contribution in [1.82, 2.24) is 14.8 Å². The van der Waals surface area contributed by atoms with Gasteiger partial charge in [0.05, 0.1) is 11.5 Å². The van der Waals surface area contributed by atoms with Gasteiger partial charge in [-0.15, -0.1) is 0 Å². The molecule has 1 aromatic heterocycles. The van der Waals surface area contributed by atoms with E-state index in [0.29, 0.717) is 37.1 Å². The normalized spacial score (nSPS) is 20.7. The molecule has 7 nitrogen and oxygen atoms in total. The molecule has 3 aromatic rings. The standard InChI is InChI=1S/C24H26ClN3O4S/c25-19-6-7-21-20(16-19)26-23(32-21)18-8-10-28(11-9-18)24(29)22(17-4-2-1-3-5-17)27-12-14-33(30,31)15-13-27/h1-7,16,18,22H,8-15H2. The van der Waals surface area contributed by atoms with Gasteiger partial charge >= 0.3 is 0 Å². The zero-order chi connectivity index (χ0) is 23.0. The van der Waals surface area contributed by atoms with Gasteiger partial charge in [0.1, 0.15) is 11.6 Å². The zero-order valence-electron chi connectivity index (χ0n) is 18.2. The first kappa shape index (κ1) is 22.4. The molecule has 5 rings (SSSR count). The fourth-order valence-corrected chi connectivity index (χ4v) is 6.14. The molecule has 0 aliphatic carbocycles. The topological polar surface area (TPSA) is 83.7 Å². The predicted octanol–water partition coefficient (Wildman–Crippen LogP) is 3.66. The van der Waals surface area contributed by atoms with Crippen LogP contribution in [-0.4, -0.2) is 66.8 Å². The maximum atomic E-state index is 13.7. The Morgan fingerprint density at radius 2 is 1.73 bits per heavy atom. The van der Waals surface area contributed by atoms with E-state index in [1.807, 2.05) is 46.2 Å². The lowest BCUT2D eigenvalue weighted by Gasteiger charge is -2.39. The van der Waals surface area contributed by atoms with E-state index < -0.39 is 15.9 Å². The van der Waals surface area contributed by atoms with Gasteiger partial charge in [0, 0.05) is 37.1 Å². The molecule has 2 aliphatic rings. The first-order valence-electron chi connectivity index (χ1n) is 11.2. The molecule has 174 valence electrons. The predicted molar refractivity (Wildman–Crippen MR) is 127 cm³/mol. The molecule has 9 heteroatoms. The van der Waals surface area contributed by atoms with Crippen LogP contribution in [0.15, 0.2) is 52.9 Å². The van der Waals surface area contributed by atoms with Gasteiger partial charge in [-0.1, -0.05) is 41.9 Å². The van der Waals surface area contributed by atoms with Crippen LogP contribution in [0, 0.1) is 0 Å². The smallest absolute Gasteiger partial charge is 0.244 e. The number of benzene rings is 2. The number of amides is 1. The van der Waals surface area contributed by atoms with Crippen LogP contribution in [0.5, 0.6) is 0 Å². The number of rotatable bonds is 4. The van der Waals surface area contributed by atoms with Crippen LogP contribution in [0.1, 0.15) is 36.3 Å². The van der Waals surface area contributed by atoms with Crippen molar-refractivity contribution >= 4 is 38.4 Å². The van der Waals surface area contributed by atoms with Crippen LogP contribution in [0.4, 0.5) is 0 Å². The fourth-order valence-electron chi connectivity index (χ4n) is 4.74. The average molecular weight is 488 g/mol. The van der Waals surface area contributed by atoms with Crippen LogP contribution in [0.2, 0.25) is 5.02 Å². The lowest BCUT2D eigenvalue weighted by atomic mass is 9.95. The highest BCUT2D eigenvalue weighted by Gasteiger charge is 2.36. The number of aromatic nitrogens is 1. The molecule has 1 unspecified atom stereocenters. The summed E-state index contributed by atoms with van der Waals surface area (Å²) in [6.45, 7) is 1.96. The number of carbonyl (C=O) groups is 1. The van der Waals surface area contributed by atoms with Gasteiger partial charge in [0.15, 0.2) is 21.3 Å². The van der Waals surface area contributed by atoms with Crippen molar-refractivity contribution < 1.29 is 17.6 Å². The van der Waals surface area contributed by atoms with Gasteiger partial charge in [0.25, 0.3) is 0 Å². The molecular formula is C24H26ClN3O4S. The van der Waals surface area contributed by atoms with E-state index in [9.17, 15) is 13.2 Å². The van der Waals surface area contributed by atoms with E-state index >= 15 is 0 Å². The number of oxazole rings is 1. The third-order valence-electron chi connectivity index (χ3n) is 6.62. The molecule has 0 spiro atoms. The number of hydrogen-bond donors (Lipinski definition) is 0. The molecule has 1 amide bonds. The summed E-state index contributed by atoms with van der Waals surface area (Å²) in [5, 5.41) is 0.625. The van der Waals surface area contributed by atoms with E-state index in [0.717, 1.165) is 29.5 Å². The number of likely N-dealkylation sites (tertiary alicyclic amines) is 1. The highest BCUT2D eigenvalue weighted by Crippen LogP contribution is 2.33. The molecule has 2 fully saturated rings. The molecule has 33 heavy (non-hydrogen) atoms. The number of carbonyl (C=O) groups excluding carboxylic acids is 1. The Morgan fingerprint density at radius 3 is 2.42 bits per heavy atom. The Hall–Kier alpha value is -2.42. The van der Waals surface area contributed by atoms with Gasteiger partial charge < -0.3 is 9.32 Å². The number of sulfone groups is 1. The second kappa shape index (κ2) is 9.08. The summed E-state index contributed by atoms with van der Waals surface area (Å²) >= 11 is 6.06. The van der Waals surface area contributed by atoms with Gasteiger partial charge in [-0.2, -0.15) is 0 Å². The summed E-state index contributed by atoms with van der Waals surface area (Å²) in [6.07, 6.45) is 1.53. The van der Waals surface area contributed by atoms with Crippen molar-refractivity contribution in [1.29, 1.82) is 0 Å². The Morgan fingerprint density at radius 1 is 1.03 bits per heavy atom. The number of halogens is 1. The van der Waals surface area contributed by atoms with E-state index in [2.05, 4.69) is 4.98 Å². The number of fused-ring (bicyclic) bond motifs is 1. The maximum Gasteiger partial charge on any atom is 0.244 e. The fraction of sp³-hybridized carbons (Fsp3) is 0.417. The Kier molecular flexibility index (Phi) is 6.16. The Bertz CT molecular complexity index is 1240. The Balaban J connectivity index is 1.31. The summed E-state index contributed by atoms with van der Waals surface area (Å²) < 4.78 is 29.8. The van der Waals surface area contributed by atoms with Crippen molar-refractivity contribution in [2.45, 2.75) is 24.8 Å². The van der Waals surface area contributed by atoms with Crippen LogP contribution in [-0.2, 0) is 14.6 Å². The maximum absolute atomic E-state index is 13.7. The van der Waals surface area contributed by atoms with Crippen LogP contribution in [0.25, 0.3) is 11.1 Å². The van der Waals surface area contributed by atoms with Gasteiger partial charge in [-0.25, -0.2) is 13.4 Å². The molecule has 2 aliphatic heterocycles. The average Bonchev–Trinajstić information content (AvgIpc) is 3.24. The zero-order valence-corrected chi connectivity index (χ0v) is 19.8. The first-order chi connectivity index (χ1) is 15.9. The molecule has 1 atom stereocenters. The van der Waals surface area contributed by atoms with Crippen molar-refractivity contribution in [3.63, 3.8) is 0 Å². The SMILES string of the molecule is O=C(C(c1ccccc1)N1CCS(=O)(=O)CC1)N1CCC(c2nc3cc(Cl)ccc3o2)CC1. The molecule has 0 saturated carbocycles. The molecule has 2 saturated heterocycles. The van der Waals surface area contributed by atoms with E-state index in [4.69, 9.17) is 16.0 Å². The highest BCUT2D eigenvalue weighted by molar-refractivity contribution is 7.91. The lowest BCUT2D eigenvalue weighted by Crippen LogP contribution is -2.50.